The molecule has 96 valence electrons. The van der Waals surface area contributed by atoms with Crippen LogP contribution in [0.1, 0.15) is 64.2 Å². The van der Waals surface area contributed by atoms with Crippen LogP contribution in [0, 0.1) is 17.2 Å². The molecule has 0 radical (unpaired) electrons. The number of nitrogens with zero attached hydrogens (tertiary/aromatic N) is 1. The molecule has 0 spiro atoms. The van der Waals surface area contributed by atoms with Crippen LogP contribution in [-0.2, 0) is 0 Å². The average Bonchev–Trinajstić information content (AvgIpc) is 2.91. The van der Waals surface area contributed by atoms with E-state index < -0.39 is 0 Å². The third kappa shape index (κ3) is 2.23. The van der Waals surface area contributed by atoms with Crippen LogP contribution < -0.4 is 0 Å². The summed E-state index contributed by atoms with van der Waals surface area (Å²) in [5.41, 5.74) is 0. The zero-order chi connectivity index (χ0) is 11.7. The van der Waals surface area contributed by atoms with Gasteiger partial charge in [-0.25, -0.2) is 0 Å². The van der Waals surface area contributed by atoms with E-state index in [-0.39, 0.29) is 0 Å². The van der Waals surface area contributed by atoms with Gasteiger partial charge in [0.05, 0.1) is 5.84 Å². The van der Waals surface area contributed by atoms with Gasteiger partial charge in [0.25, 0.3) is 0 Å². The molecular formula is C15H26N2. The fourth-order valence-corrected chi connectivity index (χ4v) is 4.36. The number of likely N-dealkylation sites (tertiary alicyclic amines) is 1. The summed E-state index contributed by atoms with van der Waals surface area (Å²) in [7, 11) is 0. The van der Waals surface area contributed by atoms with E-state index in [9.17, 15) is 0 Å². The van der Waals surface area contributed by atoms with Crippen molar-refractivity contribution in [1.29, 1.82) is 5.41 Å². The Hall–Kier alpha value is -0.530. The summed E-state index contributed by atoms with van der Waals surface area (Å²) >= 11 is 0. The van der Waals surface area contributed by atoms with E-state index in [1.165, 1.54) is 70.8 Å². The maximum absolute atomic E-state index is 8.53. The molecule has 2 saturated carbocycles. The summed E-state index contributed by atoms with van der Waals surface area (Å²) in [4.78, 5) is 2.52. The van der Waals surface area contributed by atoms with E-state index in [1.54, 1.807) is 0 Å². The first kappa shape index (κ1) is 11.6. The molecule has 0 amide bonds. The number of fused-ring (bicyclic) bond motifs is 1. The average molecular weight is 234 g/mol. The highest BCUT2D eigenvalue weighted by atomic mass is 15.2. The van der Waals surface area contributed by atoms with E-state index in [2.05, 4.69) is 4.90 Å². The molecule has 2 heteroatoms. The highest BCUT2D eigenvalue weighted by molar-refractivity contribution is 5.82. The molecule has 1 heterocycles. The molecular weight excluding hydrogens is 208 g/mol. The second-order valence-electron chi connectivity index (χ2n) is 6.31. The smallest absolute Gasteiger partial charge is 0.0992 e. The standard InChI is InChI=1S/C15H26N2/c16-15(13-7-1-2-8-13)17-11-5-9-12-6-3-4-10-14(12)17/h12-14,16H,1-11H2/t12-,14-/m1/s1. The largest absolute Gasteiger partial charge is 0.357 e. The molecule has 2 atom stereocenters. The lowest BCUT2D eigenvalue weighted by Gasteiger charge is -2.46. The van der Waals surface area contributed by atoms with Crippen LogP contribution in [0.2, 0.25) is 0 Å². The van der Waals surface area contributed by atoms with Gasteiger partial charge in [0.2, 0.25) is 0 Å². The van der Waals surface area contributed by atoms with Crippen molar-refractivity contribution in [3.8, 4) is 0 Å². The van der Waals surface area contributed by atoms with Gasteiger partial charge in [-0.05, 0) is 44.4 Å². The van der Waals surface area contributed by atoms with Gasteiger partial charge in [-0.1, -0.05) is 25.7 Å². The van der Waals surface area contributed by atoms with Crippen molar-refractivity contribution >= 4 is 5.84 Å². The van der Waals surface area contributed by atoms with Gasteiger partial charge in [0.15, 0.2) is 0 Å². The third-order valence-corrected chi connectivity index (χ3v) is 5.29. The minimum atomic E-state index is 0.607. The quantitative estimate of drug-likeness (QED) is 0.542. The Morgan fingerprint density at radius 2 is 1.47 bits per heavy atom. The summed E-state index contributed by atoms with van der Waals surface area (Å²) in [6.07, 6.45) is 13.7. The molecule has 1 saturated heterocycles. The van der Waals surface area contributed by atoms with Gasteiger partial charge < -0.3 is 4.90 Å². The first-order valence-corrected chi connectivity index (χ1v) is 7.71. The second-order valence-corrected chi connectivity index (χ2v) is 6.31. The molecule has 17 heavy (non-hydrogen) atoms. The van der Waals surface area contributed by atoms with E-state index in [4.69, 9.17) is 5.41 Å². The van der Waals surface area contributed by atoms with Crippen molar-refractivity contribution in [3.05, 3.63) is 0 Å². The zero-order valence-corrected chi connectivity index (χ0v) is 11.0. The number of hydrogen-bond donors (Lipinski definition) is 1. The van der Waals surface area contributed by atoms with Gasteiger partial charge >= 0.3 is 0 Å². The molecule has 0 unspecified atom stereocenters. The van der Waals surface area contributed by atoms with Crippen LogP contribution in [0.3, 0.4) is 0 Å². The van der Waals surface area contributed by atoms with Crippen LogP contribution in [0.25, 0.3) is 0 Å². The molecule has 0 aromatic rings. The van der Waals surface area contributed by atoms with Gasteiger partial charge in [0.1, 0.15) is 0 Å². The highest BCUT2D eigenvalue weighted by Gasteiger charge is 2.36. The van der Waals surface area contributed by atoms with Crippen molar-refractivity contribution in [2.45, 2.75) is 70.3 Å². The van der Waals surface area contributed by atoms with E-state index in [0.29, 0.717) is 5.92 Å². The van der Waals surface area contributed by atoms with Crippen molar-refractivity contribution in [3.63, 3.8) is 0 Å². The molecule has 0 bridgehead atoms. The van der Waals surface area contributed by atoms with Gasteiger partial charge in [-0.3, -0.25) is 5.41 Å². The Bertz CT molecular complexity index is 279. The Balaban J connectivity index is 1.69. The first-order valence-electron chi connectivity index (χ1n) is 7.71. The second kappa shape index (κ2) is 4.99. The lowest BCUT2D eigenvalue weighted by molar-refractivity contribution is 0.113. The van der Waals surface area contributed by atoms with Crippen LogP contribution in [0.5, 0.6) is 0 Å². The molecule has 1 N–H and O–H groups in total. The van der Waals surface area contributed by atoms with Gasteiger partial charge in [-0.2, -0.15) is 0 Å². The number of amidine groups is 1. The van der Waals surface area contributed by atoms with Crippen LogP contribution in [0.4, 0.5) is 0 Å². The normalized spacial score (nSPS) is 34.7. The fraction of sp³-hybridized carbons (Fsp3) is 0.933. The number of piperidine rings is 1. The molecule has 3 rings (SSSR count). The van der Waals surface area contributed by atoms with Crippen molar-refractivity contribution in [1.82, 2.24) is 4.90 Å². The Labute approximate surface area is 105 Å². The number of rotatable bonds is 1. The number of hydrogen-bond acceptors (Lipinski definition) is 1. The molecule has 3 fully saturated rings. The molecule has 0 aromatic heterocycles. The first-order chi connectivity index (χ1) is 8.36. The monoisotopic (exact) mass is 234 g/mol. The van der Waals surface area contributed by atoms with Gasteiger partial charge in [0, 0.05) is 18.5 Å². The lowest BCUT2D eigenvalue weighted by atomic mass is 9.78. The van der Waals surface area contributed by atoms with E-state index in [1.807, 2.05) is 0 Å². The maximum atomic E-state index is 8.53. The Morgan fingerprint density at radius 3 is 2.29 bits per heavy atom. The highest BCUT2D eigenvalue weighted by Crippen LogP contribution is 2.37. The molecule has 0 aromatic carbocycles. The summed E-state index contributed by atoms with van der Waals surface area (Å²) in [5, 5.41) is 8.53. The van der Waals surface area contributed by atoms with Crippen molar-refractivity contribution < 1.29 is 0 Å². The predicted octanol–water partition coefficient (Wildman–Crippen LogP) is 3.81. The fourth-order valence-electron chi connectivity index (χ4n) is 4.36. The van der Waals surface area contributed by atoms with Crippen LogP contribution in [0.15, 0.2) is 0 Å². The van der Waals surface area contributed by atoms with Crippen LogP contribution in [-0.4, -0.2) is 23.3 Å². The Morgan fingerprint density at radius 1 is 0.824 bits per heavy atom. The van der Waals surface area contributed by atoms with Crippen molar-refractivity contribution in [2.75, 3.05) is 6.54 Å². The summed E-state index contributed by atoms with van der Waals surface area (Å²) in [6.45, 7) is 1.18. The minimum Gasteiger partial charge on any atom is -0.357 e. The van der Waals surface area contributed by atoms with Crippen molar-refractivity contribution in [2.24, 2.45) is 11.8 Å². The topological polar surface area (TPSA) is 27.1 Å². The predicted molar refractivity (Wildman–Crippen MR) is 71.4 cm³/mol. The summed E-state index contributed by atoms with van der Waals surface area (Å²) in [5.74, 6) is 2.54. The number of nitrogens with one attached hydrogen (secondary N) is 1. The summed E-state index contributed by atoms with van der Waals surface area (Å²) < 4.78 is 0. The SMILES string of the molecule is N=C(C1CCCC1)N1CCC[C@H]2CCCC[C@H]21. The van der Waals surface area contributed by atoms with E-state index in [0.717, 1.165) is 17.8 Å². The molecule has 2 nitrogen and oxygen atoms in total. The van der Waals surface area contributed by atoms with Crippen LogP contribution >= 0.6 is 0 Å². The molecule has 3 aliphatic rings. The van der Waals surface area contributed by atoms with Gasteiger partial charge in [-0.15, -0.1) is 0 Å². The maximum Gasteiger partial charge on any atom is 0.0992 e. The third-order valence-electron chi connectivity index (χ3n) is 5.29. The zero-order valence-electron chi connectivity index (χ0n) is 11.0. The minimum absolute atomic E-state index is 0.607. The van der Waals surface area contributed by atoms with E-state index >= 15 is 0 Å². The Kier molecular flexibility index (Phi) is 3.39. The molecule has 2 aliphatic carbocycles. The summed E-state index contributed by atoms with van der Waals surface area (Å²) in [6, 6.07) is 0.741. The molecule has 1 aliphatic heterocycles. The lowest BCUT2D eigenvalue weighted by Crippen LogP contribution is -2.51.